The van der Waals surface area contributed by atoms with Crippen molar-refractivity contribution < 1.29 is 27.1 Å². The molecule has 3 aromatic carbocycles. The third-order valence-corrected chi connectivity index (χ3v) is 6.37. The predicted molar refractivity (Wildman–Crippen MR) is 118 cm³/mol. The molecule has 0 radical (unpaired) electrons. The Hall–Kier alpha value is -3.72. The van der Waals surface area contributed by atoms with Crippen LogP contribution >= 0.6 is 0 Å². The molecule has 9 heteroatoms. The number of benzene rings is 3. The fourth-order valence-corrected chi connectivity index (χ4v) is 4.43. The molecule has 0 aromatic heterocycles. The summed E-state index contributed by atoms with van der Waals surface area (Å²) in [5.41, 5.74) is 0.854. The van der Waals surface area contributed by atoms with Crippen LogP contribution in [0.2, 0.25) is 0 Å². The lowest BCUT2D eigenvalue weighted by atomic mass is 10.2. The molecule has 3 rings (SSSR count). The summed E-state index contributed by atoms with van der Waals surface area (Å²) < 4.78 is 45.3. The number of para-hydroxylation sites is 1. The van der Waals surface area contributed by atoms with Crippen molar-refractivity contribution in [2.45, 2.75) is 11.8 Å². The van der Waals surface area contributed by atoms with E-state index in [0.29, 0.717) is 5.69 Å². The van der Waals surface area contributed by atoms with Crippen molar-refractivity contribution >= 4 is 33.3 Å². The van der Waals surface area contributed by atoms with Crippen LogP contribution in [0.3, 0.4) is 0 Å². The first-order valence-corrected chi connectivity index (χ1v) is 11.2. The number of hydrogen-bond donors (Lipinski definition) is 1. The summed E-state index contributed by atoms with van der Waals surface area (Å²) in [5, 5.41) is 2.41. The van der Waals surface area contributed by atoms with E-state index in [-0.39, 0.29) is 22.7 Å². The van der Waals surface area contributed by atoms with Gasteiger partial charge in [0.05, 0.1) is 16.1 Å². The second kappa shape index (κ2) is 10.1. The number of nitrogens with zero attached hydrogens (tertiary/aromatic N) is 1. The first kappa shape index (κ1) is 23.0. The van der Waals surface area contributed by atoms with E-state index in [9.17, 15) is 22.4 Å². The van der Waals surface area contributed by atoms with Gasteiger partial charge in [0.1, 0.15) is 5.82 Å². The highest BCUT2D eigenvalue weighted by Gasteiger charge is 2.24. The Bertz CT molecular complexity index is 1200. The van der Waals surface area contributed by atoms with Gasteiger partial charge in [0.15, 0.2) is 6.61 Å². The summed E-state index contributed by atoms with van der Waals surface area (Å²) in [6.07, 6.45) is 0. The fraction of sp³-hybridized carbons (Fsp3) is 0.130. The Morgan fingerprint density at radius 1 is 0.969 bits per heavy atom. The second-order valence-electron chi connectivity index (χ2n) is 6.66. The smallest absolute Gasteiger partial charge is 0.338 e. The summed E-state index contributed by atoms with van der Waals surface area (Å²) in [6.45, 7) is 1.38. The molecule has 3 aromatic rings. The molecule has 0 atom stereocenters. The zero-order chi connectivity index (χ0) is 23.1. The van der Waals surface area contributed by atoms with Crippen molar-refractivity contribution in [1.29, 1.82) is 0 Å². The molecule has 0 unspecified atom stereocenters. The molecule has 0 saturated heterocycles. The lowest BCUT2D eigenvalue weighted by molar-refractivity contribution is -0.119. The van der Waals surface area contributed by atoms with Crippen molar-refractivity contribution in [2.24, 2.45) is 0 Å². The lowest BCUT2D eigenvalue weighted by Crippen LogP contribution is -2.30. The number of rotatable bonds is 8. The molecule has 0 fully saturated rings. The zero-order valence-electron chi connectivity index (χ0n) is 17.2. The van der Waals surface area contributed by atoms with Crippen LogP contribution in [0.15, 0.2) is 83.8 Å². The van der Waals surface area contributed by atoms with Crippen LogP contribution in [0.1, 0.15) is 17.3 Å². The monoisotopic (exact) mass is 456 g/mol. The normalized spacial score (nSPS) is 10.9. The number of ether oxygens (including phenoxy) is 1. The molecule has 7 nitrogen and oxygen atoms in total. The van der Waals surface area contributed by atoms with Gasteiger partial charge in [-0.3, -0.25) is 9.10 Å². The Morgan fingerprint density at radius 3 is 2.28 bits per heavy atom. The summed E-state index contributed by atoms with van der Waals surface area (Å²) in [5.74, 6) is -1.94. The number of sulfonamides is 1. The highest BCUT2D eigenvalue weighted by Crippen LogP contribution is 2.23. The number of halogens is 1. The van der Waals surface area contributed by atoms with E-state index in [1.54, 1.807) is 37.3 Å². The van der Waals surface area contributed by atoms with Crippen molar-refractivity contribution in [3.63, 3.8) is 0 Å². The highest BCUT2D eigenvalue weighted by molar-refractivity contribution is 7.92. The van der Waals surface area contributed by atoms with E-state index in [0.717, 1.165) is 6.07 Å². The zero-order valence-corrected chi connectivity index (χ0v) is 18.0. The summed E-state index contributed by atoms with van der Waals surface area (Å²) in [7, 11) is -3.82. The standard InChI is InChI=1S/C23H21FN2O5S/c1-2-26(20-9-4-3-5-10-20)32(29,30)21-13-11-17(12-14-21)23(28)31-16-22(27)25-19-8-6-7-18(24)15-19/h3-15H,2,16H2,1H3,(H,25,27). The molecular weight excluding hydrogens is 435 g/mol. The maximum Gasteiger partial charge on any atom is 0.338 e. The van der Waals surface area contributed by atoms with Gasteiger partial charge in [0, 0.05) is 12.2 Å². The van der Waals surface area contributed by atoms with Gasteiger partial charge in [-0.15, -0.1) is 0 Å². The van der Waals surface area contributed by atoms with Crippen LogP contribution in [-0.4, -0.2) is 33.4 Å². The molecule has 0 heterocycles. The van der Waals surface area contributed by atoms with Crippen molar-refractivity contribution in [3.8, 4) is 0 Å². The van der Waals surface area contributed by atoms with E-state index in [4.69, 9.17) is 4.74 Å². The Balaban J connectivity index is 1.64. The molecular formula is C23H21FN2O5S. The fourth-order valence-electron chi connectivity index (χ4n) is 2.95. The maximum atomic E-state index is 13.2. The van der Waals surface area contributed by atoms with Gasteiger partial charge in [-0.1, -0.05) is 24.3 Å². The largest absolute Gasteiger partial charge is 0.452 e. The minimum Gasteiger partial charge on any atom is -0.452 e. The first-order chi connectivity index (χ1) is 15.3. The topological polar surface area (TPSA) is 92.8 Å². The highest BCUT2D eigenvalue weighted by atomic mass is 32.2. The quantitative estimate of drug-likeness (QED) is 0.520. The van der Waals surface area contributed by atoms with Crippen LogP contribution in [-0.2, 0) is 19.6 Å². The van der Waals surface area contributed by atoms with Crippen molar-refractivity contribution in [1.82, 2.24) is 0 Å². The van der Waals surface area contributed by atoms with Gasteiger partial charge in [-0.05, 0) is 61.5 Å². The average molecular weight is 456 g/mol. The SMILES string of the molecule is CCN(c1ccccc1)S(=O)(=O)c1ccc(C(=O)OCC(=O)Nc2cccc(F)c2)cc1. The third kappa shape index (κ3) is 5.50. The molecule has 166 valence electrons. The number of esters is 1. The number of carbonyl (C=O) groups is 2. The van der Waals surface area contributed by atoms with Gasteiger partial charge in [-0.25, -0.2) is 17.6 Å². The van der Waals surface area contributed by atoms with E-state index in [2.05, 4.69) is 5.32 Å². The molecule has 0 aliphatic carbocycles. The Morgan fingerprint density at radius 2 is 1.66 bits per heavy atom. The predicted octanol–water partition coefficient (Wildman–Crippen LogP) is 3.84. The lowest BCUT2D eigenvalue weighted by Gasteiger charge is -2.22. The summed E-state index contributed by atoms with van der Waals surface area (Å²) >= 11 is 0. The van der Waals surface area contributed by atoms with Crippen LogP contribution in [0.4, 0.5) is 15.8 Å². The third-order valence-electron chi connectivity index (χ3n) is 4.45. The van der Waals surface area contributed by atoms with Gasteiger partial charge in [-0.2, -0.15) is 0 Å². The molecule has 0 aliphatic rings. The minimum absolute atomic E-state index is 0.0172. The van der Waals surface area contributed by atoms with Crippen LogP contribution in [0, 0.1) is 5.82 Å². The molecule has 0 aliphatic heterocycles. The first-order valence-electron chi connectivity index (χ1n) is 9.71. The second-order valence-corrected chi connectivity index (χ2v) is 8.53. The molecule has 0 bridgehead atoms. The van der Waals surface area contributed by atoms with Crippen molar-refractivity contribution in [3.05, 3.63) is 90.2 Å². The molecule has 1 N–H and O–H groups in total. The number of hydrogen-bond acceptors (Lipinski definition) is 5. The molecule has 0 saturated carbocycles. The van der Waals surface area contributed by atoms with Gasteiger partial charge >= 0.3 is 5.97 Å². The number of carbonyl (C=O) groups excluding carboxylic acids is 2. The van der Waals surface area contributed by atoms with Gasteiger partial charge in [0.25, 0.3) is 15.9 Å². The van der Waals surface area contributed by atoms with Crippen LogP contribution in [0.5, 0.6) is 0 Å². The molecule has 32 heavy (non-hydrogen) atoms. The maximum absolute atomic E-state index is 13.2. The number of amides is 1. The van der Waals surface area contributed by atoms with E-state index < -0.39 is 34.3 Å². The number of nitrogens with one attached hydrogen (secondary N) is 1. The Labute approximate surface area is 185 Å². The van der Waals surface area contributed by atoms with E-state index >= 15 is 0 Å². The molecule has 0 spiro atoms. The molecule has 1 amide bonds. The number of anilines is 2. The summed E-state index contributed by atoms with van der Waals surface area (Å²) in [6, 6.07) is 19.2. The van der Waals surface area contributed by atoms with Crippen molar-refractivity contribution in [2.75, 3.05) is 22.8 Å². The Kier molecular flexibility index (Phi) is 7.21. The van der Waals surface area contributed by atoms with Gasteiger partial charge < -0.3 is 10.1 Å². The van der Waals surface area contributed by atoms with Crippen LogP contribution < -0.4 is 9.62 Å². The van der Waals surface area contributed by atoms with Crippen LogP contribution in [0.25, 0.3) is 0 Å². The minimum atomic E-state index is -3.82. The average Bonchev–Trinajstić information content (AvgIpc) is 2.78. The van der Waals surface area contributed by atoms with Gasteiger partial charge in [0.2, 0.25) is 0 Å². The van der Waals surface area contributed by atoms with E-state index in [1.165, 1.54) is 46.8 Å². The van der Waals surface area contributed by atoms with E-state index in [1.807, 2.05) is 0 Å². The summed E-state index contributed by atoms with van der Waals surface area (Å²) in [4.78, 5) is 24.1.